The molecule has 0 saturated heterocycles. The van der Waals surface area contributed by atoms with Gasteiger partial charge in [0.1, 0.15) is 5.15 Å². The zero-order chi connectivity index (χ0) is 23.4. The molecule has 32 heavy (non-hydrogen) atoms. The highest BCUT2D eigenvalue weighted by Crippen LogP contribution is 2.25. The number of imidazole rings is 1. The van der Waals surface area contributed by atoms with Crippen LogP contribution in [0.1, 0.15) is 60.0 Å². The van der Waals surface area contributed by atoms with Crippen LogP contribution in [-0.2, 0) is 13.0 Å². The van der Waals surface area contributed by atoms with E-state index < -0.39 is 11.7 Å². The Morgan fingerprint density at radius 3 is 2.31 bits per heavy atom. The molecule has 3 aromatic rings. The van der Waals surface area contributed by atoms with Crippen molar-refractivity contribution in [3.63, 3.8) is 0 Å². The van der Waals surface area contributed by atoms with Crippen molar-refractivity contribution in [2.45, 2.75) is 46.6 Å². The van der Waals surface area contributed by atoms with E-state index >= 15 is 0 Å². The molecule has 0 atom stereocenters. The Balaban J connectivity index is 1.97. The molecule has 168 valence electrons. The molecular formula is C25H27ClN2O4. The van der Waals surface area contributed by atoms with Gasteiger partial charge in [-0.15, -0.1) is 0 Å². The molecule has 6 nitrogen and oxygen atoms in total. The maximum atomic E-state index is 13.0. The number of nitrogens with zero attached hydrogens (tertiary/aromatic N) is 2. The fourth-order valence-electron chi connectivity index (χ4n) is 3.66. The van der Waals surface area contributed by atoms with Crippen molar-refractivity contribution in [1.29, 1.82) is 0 Å². The second kappa shape index (κ2) is 10.0. The summed E-state index contributed by atoms with van der Waals surface area (Å²) in [6.45, 7) is 6.16. The minimum atomic E-state index is -0.984. The van der Waals surface area contributed by atoms with Gasteiger partial charge in [0.2, 0.25) is 5.91 Å². The summed E-state index contributed by atoms with van der Waals surface area (Å²) in [5.41, 5.74) is 2.72. The normalized spacial score (nSPS) is 11.2. The van der Waals surface area contributed by atoms with E-state index in [1.54, 1.807) is 35.8 Å². The summed E-state index contributed by atoms with van der Waals surface area (Å²) in [4.78, 5) is 36.9. The van der Waals surface area contributed by atoms with Crippen molar-refractivity contribution >= 4 is 23.5 Å². The molecule has 1 N–H and O–H groups in total. The van der Waals surface area contributed by atoms with Crippen LogP contribution in [0.3, 0.4) is 0 Å². The van der Waals surface area contributed by atoms with Gasteiger partial charge in [-0.3, -0.25) is 9.36 Å². The summed E-state index contributed by atoms with van der Waals surface area (Å²) in [7, 11) is 0. The molecule has 0 aliphatic rings. The molecule has 0 amide bonds. The molecule has 3 rings (SSSR count). The highest BCUT2D eigenvalue weighted by atomic mass is 35.5. The van der Waals surface area contributed by atoms with Gasteiger partial charge in [0.25, 0.3) is 0 Å². The average Bonchev–Trinajstić information content (AvgIpc) is 3.01. The Labute approximate surface area is 192 Å². The fraction of sp³-hybridized carbons (Fsp3) is 0.320. The Kier molecular flexibility index (Phi) is 7.36. The Bertz CT molecular complexity index is 1190. The molecule has 7 heteroatoms. The number of aromatic carboxylic acids is 1. The summed E-state index contributed by atoms with van der Waals surface area (Å²) in [6.07, 6.45) is 1.62. The zero-order valence-electron chi connectivity index (χ0n) is 18.5. The number of rotatable bonds is 8. The van der Waals surface area contributed by atoms with Crippen LogP contribution in [0.2, 0.25) is 5.15 Å². The molecular weight excluding hydrogens is 428 g/mol. The lowest BCUT2D eigenvalue weighted by atomic mass is 9.98. The van der Waals surface area contributed by atoms with E-state index in [0.29, 0.717) is 23.6 Å². The van der Waals surface area contributed by atoms with Crippen LogP contribution < -0.4 is 5.69 Å². The van der Waals surface area contributed by atoms with Crippen LogP contribution in [0.5, 0.6) is 0 Å². The number of halogens is 1. The highest BCUT2D eigenvalue weighted by molar-refractivity contribution is 6.31. The molecule has 0 unspecified atom stereocenters. The molecule has 0 spiro atoms. The first-order valence-corrected chi connectivity index (χ1v) is 11.1. The van der Waals surface area contributed by atoms with Gasteiger partial charge in [-0.25, -0.2) is 14.2 Å². The third-order valence-electron chi connectivity index (χ3n) is 5.46. The van der Waals surface area contributed by atoms with E-state index in [1.165, 1.54) is 0 Å². The van der Waals surface area contributed by atoms with Gasteiger partial charge in [0, 0.05) is 6.42 Å². The lowest BCUT2D eigenvalue weighted by Crippen LogP contribution is -2.29. The molecule has 0 saturated carbocycles. The second-order valence-corrected chi connectivity index (χ2v) is 8.53. The van der Waals surface area contributed by atoms with Crippen molar-refractivity contribution in [2.24, 2.45) is 5.92 Å². The van der Waals surface area contributed by atoms with Crippen LogP contribution in [-0.4, -0.2) is 26.1 Å². The summed E-state index contributed by atoms with van der Waals surface area (Å²) >= 11 is 6.48. The van der Waals surface area contributed by atoms with Gasteiger partial charge in [-0.05, 0) is 41.5 Å². The number of carbonyl (C=O) groups excluding carboxylic acids is 1. The van der Waals surface area contributed by atoms with E-state index in [9.17, 15) is 19.5 Å². The van der Waals surface area contributed by atoms with Crippen molar-refractivity contribution in [3.05, 3.63) is 81.0 Å². The number of hydrogen-bond acceptors (Lipinski definition) is 3. The monoisotopic (exact) mass is 454 g/mol. The van der Waals surface area contributed by atoms with Crippen LogP contribution in [0.25, 0.3) is 11.1 Å². The van der Waals surface area contributed by atoms with E-state index in [0.717, 1.165) is 22.1 Å². The first-order valence-electron chi connectivity index (χ1n) is 10.7. The first-order chi connectivity index (χ1) is 15.2. The standard InChI is InChI=1S/C25H27ClN2O4/c1-4-22(29)28-23(26)21(14-9-16(2)3)27(25(28)32)15-17-10-12-18(13-11-17)19-7-5-6-8-20(19)24(30)31/h5-8,10-13,16H,4,9,14-15H2,1-3H3,(H,30,31). The van der Waals surface area contributed by atoms with Gasteiger partial charge >= 0.3 is 11.7 Å². The molecule has 0 radical (unpaired) electrons. The molecule has 0 aliphatic heterocycles. The van der Waals surface area contributed by atoms with Gasteiger partial charge in [-0.2, -0.15) is 0 Å². The molecule has 1 aromatic heterocycles. The lowest BCUT2D eigenvalue weighted by molar-refractivity contribution is 0.0697. The minimum absolute atomic E-state index is 0.185. The average molecular weight is 455 g/mol. The van der Waals surface area contributed by atoms with E-state index in [2.05, 4.69) is 13.8 Å². The first kappa shape index (κ1) is 23.5. The van der Waals surface area contributed by atoms with E-state index in [-0.39, 0.29) is 29.6 Å². The van der Waals surface area contributed by atoms with Gasteiger partial charge in [-0.1, -0.05) is 74.8 Å². The maximum absolute atomic E-state index is 13.0. The summed E-state index contributed by atoms with van der Waals surface area (Å²) in [5.74, 6) is -0.888. The van der Waals surface area contributed by atoms with Gasteiger partial charge in [0.05, 0.1) is 17.8 Å². The SMILES string of the molecule is CCC(=O)n1c(Cl)c(CCC(C)C)n(Cc2ccc(-c3ccccc3C(=O)O)cc2)c1=O. The third-order valence-corrected chi connectivity index (χ3v) is 5.84. The summed E-state index contributed by atoms with van der Waals surface area (Å²) in [5, 5.41) is 9.63. The lowest BCUT2D eigenvalue weighted by Gasteiger charge is -2.11. The minimum Gasteiger partial charge on any atom is -0.478 e. The Morgan fingerprint density at radius 1 is 1.06 bits per heavy atom. The topological polar surface area (TPSA) is 81.3 Å². The van der Waals surface area contributed by atoms with Crippen molar-refractivity contribution in [2.75, 3.05) is 0 Å². The highest BCUT2D eigenvalue weighted by Gasteiger charge is 2.22. The molecule has 0 aliphatic carbocycles. The molecule has 0 fully saturated rings. The van der Waals surface area contributed by atoms with Crippen molar-refractivity contribution in [1.82, 2.24) is 9.13 Å². The number of carboxylic acid groups (broad SMARTS) is 1. The smallest absolute Gasteiger partial charge is 0.336 e. The van der Waals surface area contributed by atoms with E-state index in [4.69, 9.17) is 11.6 Å². The number of carboxylic acids is 1. The quantitative estimate of drug-likeness (QED) is 0.497. The second-order valence-electron chi connectivity index (χ2n) is 8.17. The van der Waals surface area contributed by atoms with E-state index in [1.807, 2.05) is 24.3 Å². The molecule has 1 heterocycles. The maximum Gasteiger partial charge on any atom is 0.336 e. The Morgan fingerprint density at radius 2 is 1.72 bits per heavy atom. The largest absolute Gasteiger partial charge is 0.478 e. The number of aromatic nitrogens is 2. The predicted octanol–water partition coefficient (Wildman–Crippen LogP) is 5.36. The van der Waals surface area contributed by atoms with Crippen LogP contribution in [0.15, 0.2) is 53.3 Å². The third kappa shape index (κ3) is 4.86. The zero-order valence-corrected chi connectivity index (χ0v) is 19.2. The van der Waals surface area contributed by atoms with Gasteiger partial charge in [0.15, 0.2) is 0 Å². The molecule has 2 aromatic carbocycles. The number of hydrogen-bond donors (Lipinski definition) is 1. The summed E-state index contributed by atoms with van der Waals surface area (Å²) in [6, 6.07) is 14.2. The Hall–Kier alpha value is -3.12. The van der Waals surface area contributed by atoms with Crippen molar-refractivity contribution in [3.8, 4) is 11.1 Å². The number of carbonyl (C=O) groups is 2. The fourth-order valence-corrected chi connectivity index (χ4v) is 4.02. The predicted molar refractivity (Wildman–Crippen MR) is 126 cm³/mol. The van der Waals surface area contributed by atoms with Crippen LogP contribution >= 0.6 is 11.6 Å². The van der Waals surface area contributed by atoms with Crippen LogP contribution in [0.4, 0.5) is 0 Å². The number of benzene rings is 2. The molecule has 0 bridgehead atoms. The summed E-state index contributed by atoms with van der Waals surface area (Å²) < 4.78 is 2.63. The van der Waals surface area contributed by atoms with Gasteiger partial charge < -0.3 is 5.11 Å². The van der Waals surface area contributed by atoms with Crippen molar-refractivity contribution < 1.29 is 14.7 Å². The van der Waals surface area contributed by atoms with Crippen LogP contribution in [0, 0.1) is 5.92 Å².